The van der Waals surface area contributed by atoms with Crippen LogP contribution in [0.5, 0.6) is 0 Å². The van der Waals surface area contributed by atoms with Crippen LogP contribution in [0.2, 0.25) is 0 Å². The Morgan fingerprint density at radius 3 is 2.35 bits per heavy atom. The molecule has 3 rings (SSSR count). The van der Waals surface area contributed by atoms with E-state index < -0.39 is 5.60 Å². The second-order valence-corrected chi connectivity index (χ2v) is 8.22. The van der Waals surface area contributed by atoms with Crippen molar-refractivity contribution in [3.05, 3.63) is 28.5 Å². The molecule has 2 saturated heterocycles. The molecule has 1 aromatic carbocycles. The first-order valence-electron chi connectivity index (χ1n) is 7.95. The van der Waals surface area contributed by atoms with E-state index >= 15 is 0 Å². The summed E-state index contributed by atoms with van der Waals surface area (Å²) >= 11 is 3.36. The van der Waals surface area contributed by atoms with Gasteiger partial charge in [0.15, 0.2) is 0 Å². The van der Waals surface area contributed by atoms with Crippen LogP contribution in [0.25, 0.3) is 0 Å². The van der Waals surface area contributed by atoms with E-state index in [9.17, 15) is 9.18 Å². The van der Waals surface area contributed by atoms with Gasteiger partial charge >= 0.3 is 6.09 Å². The molecule has 1 amide bonds. The Bertz CT molecular complexity index is 583. The quantitative estimate of drug-likeness (QED) is 0.727. The zero-order valence-electron chi connectivity index (χ0n) is 13.7. The first kappa shape index (κ1) is 16.6. The average Bonchev–Trinajstić information content (AvgIpc) is 2.66. The lowest BCUT2D eigenvalue weighted by atomic mass is 10.1. The van der Waals surface area contributed by atoms with Gasteiger partial charge in [-0.1, -0.05) is 15.9 Å². The van der Waals surface area contributed by atoms with Crippen LogP contribution in [0.1, 0.15) is 33.6 Å². The Hall–Kier alpha value is -1.30. The normalized spacial score (nSPS) is 24.0. The van der Waals surface area contributed by atoms with Crippen molar-refractivity contribution < 1.29 is 13.9 Å². The monoisotopic (exact) mass is 384 g/mol. The first-order chi connectivity index (χ1) is 10.7. The number of ether oxygens (including phenoxy) is 1. The maximum absolute atomic E-state index is 13.7. The van der Waals surface area contributed by atoms with Gasteiger partial charge in [0.2, 0.25) is 0 Å². The fourth-order valence-electron chi connectivity index (χ4n) is 3.49. The van der Waals surface area contributed by atoms with Crippen molar-refractivity contribution in [2.75, 3.05) is 18.0 Å². The largest absolute Gasteiger partial charge is 0.444 e. The second-order valence-electron chi connectivity index (χ2n) is 7.31. The molecule has 0 N–H and O–H groups in total. The zero-order chi connectivity index (χ0) is 16.8. The summed E-state index contributed by atoms with van der Waals surface area (Å²) in [4.78, 5) is 16.4. The number of anilines is 1. The van der Waals surface area contributed by atoms with Crippen molar-refractivity contribution in [3.63, 3.8) is 0 Å². The predicted molar refractivity (Wildman–Crippen MR) is 91.2 cm³/mol. The summed E-state index contributed by atoms with van der Waals surface area (Å²) < 4.78 is 19.9. The molecule has 0 saturated carbocycles. The van der Waals surface area contributed by atoms with Crippen LogP contribution in [0.4, 0.5) is 14.9 Å². The number of halogens is 2. The number of fused-ring (bicyclic) bond motifs is 2. The van der Waals surface area contributed by atoms with Gasteiger partial charge in [-0.05, 0) is 51.8 Å². The molecular formula is C17H22BrFN2O2. The van der Waals surface area contributed by atoms with Gasteiger partial charge in [0, 0.05) is 35.3 Å². The van der Waals surface area contributed by atoms with Gasteiger partial charge in [-0.3, -0.25) is 0 Å². The van der Waals surface area contributed by atoms with Gasteiger partial charge in [-0.2, -0.15) is 0 Å². The van der Waals surface area contributed by atoms with Crippen LogP contribution in [-0.2, 0) is 4.74 Å². The summed E-state index contributed by atoms with van der Waals surface area (Å²) in [6, 6.07) is 5.41. The number of hydrogen-bond donors (Lipinski definition) is 0. The van der Waals surface area contributed by atoms with Crippen molar-refractivity contribution in [1.82, 2.24) is 4.90 Å². The number of benzene rings is 1. The highest BCUT2D eigenvalue weighted by molar-refractivity contribution is 9.10. The molecule has 2 aliphatic heterocycles. The molecule has 1 aromatic rings. The number of nitrogens with zero attached hydrogens (tertiary/aromatic N) is 2. The van der Waals surface area contributed by atoms with Crippen LogP contribution >= 0.6 is 15.9 Å². The number of amides is 1. The summed E-state index contributed by atoms with van der Waals surface area (Å²) in [7, 11) is 0. The standard InChI is InChI=1S/C17H22BrFN2O2/c1-17(2,3)23-16(22)20-9-13-4-5-14(10-20)21(13)15-7-11(18)6-12(19)8-15/h6-8,13-14H,4-5,9-10H2,1-3H3. The van der Waals surface area contributed by atoms with Gasteiger partial charge in [0.1, 0.15) is 11.4 Å². The van der Waals surface area contributed by atoms with E-state index in [0.29, 0.717) is 13.1 Å². The lowest BCUT2D eigenvalue weighted by Gasteiger charge is -2.42. The van der Waals surface area contributed by atoms with E-state index in [1.54, 1.807) is 11.0 Å². The third kappa shape index (κ3) is 3.62. The van der Waals surface area contributed by atoms with E-state index in [-0.39, 0.29) is 24.0 Å². The Morgan fingerprint density at radius 2 is 1.83 bits per heavy atom. The predicted octanol–water partition coefficient (Wildman–Crippen LogP) is 4.18. The van der Waals surface area contributed by atoms with Crippen molar-refractivity contribution in [1.29, 1.82) is 0 Å². The van der Waals surface area contributed by atoms with Gasteiger partial charge in [0.25, 0.3) is 0 Å². The lowest BCUT2D eigenvalue weighted by molar-refractivity contribution is 0.0209. The molecule has 2 heterocycles. The molecule has 2 atom stereocenters. The minimum Gasteiger partial charge on any atom is -0.444 e. The first-order valence-corrected chi connectivity index (χ1v) is 8.74. The minimum absolute atomic E-state index is 0.218. The topological polar surface area (TPSA) is 32.8 Å². The molecule has 2 unspecified atom stereocenters. The summed E-state index contributed by atoms with van der Waals surface area (Å²) in [6.45, 7) is 6.87. The van der Waals surface area contributed by atoms with Gasteiger partial charge in [0.05, 0.1) is 0 Å². The van der Waals surface area contributed by atoms with Crippen LogP contribution in [-0.4, -0.2) is 41.8 Å². The molecular weight excluding hydrogens is 363 g/mol. The summed E-state index contributed by atoms with van der Waals surface area (Å²) in [6.07, 6.45) is 1.77. The van der Waals surface area contributed by atoms with Crippen LogP contribution in [0.15, 0.2) is 22.7 Å². The fraction of sp³-hybridized carbons (Fsp3) is 0.588. The zero-order valence-corrected chi connectivity index (χ0v) is 15.3. The smallest absolute Gasteiger partial charge is 0.410 e. The third-order valence-corrected chi connectivity index (χ3v) is 4.74. The molecule has 2 fully saturated rings. The molecule has 0 spiro atoms. The van der Waals surface area contributed by atoms with Crippen molar-refractivity contribution in [2.45, 2.75) is 51.3 Å². The average molecular weight is 385 g/mol. The maximum Gasteiger partial charge on any atom is 0.410 e. The number of likely N-dealkylation sites (tertiary alicyclic amines) is 1. The van der Waals surface area contributed by atoms with Gasteiger partial charge in [-0.15, -0.1) is 0 Å². The highest BCUT2D eigenvalue weighted by Gasteiger charge is 2.42. The molecule has 0 aromatic heterocycles. The highest BCUT2D eigenvalue weighted by Crippen LogP contribution is 2.36. The van der Waals surface area contributed by atoms with Crippen molar-refractivity contribution >= 4 is 27.7 Å². The van der Waals surface area contributed by atoms with Gasteiger partial charge in [-0.25, -0.2) is 9.18 Å². The number of piperazine rings is 1. The molecule has 2 aliphatic rings. The molecule has 23 heavy (non-hydrogen) atoms. The third-order valence-electron chi connectivity index (χ3n) is 4.28. The minimum atomic E-state index is -0.485. The van der Waals surface area contributed by atoms with Crippen molar-refractivity contribution in [3.8, 4) is 0 Å². The molecule has 4 nitrogen and oxygen atoms in total. The van der Waals surface area contributed by atoms with Gasteiger partial charge < -0.3 is 14.5 Å². The van der Waals surface area contributed by atoms with E-state index in [1.165, 1.54) is 6.07 Å². The van der Waals surface area contributed by atoms with E-state index in [4.69, 9.17) is 4.74 Å². The Balaban J connectivity index is 1.76. The number of carbonyl (C=O) groups excluding carboxylic acids is 1. The molecule has 2 bridgehead atoms. The Kier molecular flexibility index (Phi) is 4.29. The van der Waals surface area contributed by atoms with Crippen LogP contribution < -0.4 is 4.90 Å². The maximum atomic E-state index is 13.7. The molecule has 126 valence electrons. The number of carbonyl (C=O) groups is 1. The summed E-state index contributed by atoms with van der Waals surface area (Å²) in [5.41, 5.74) is 0.397. The molecule has 0 radical (unpaired) electrons. The van der Waals surface area contributed by atoms with E-state index in [0.717, 1.165) is 23.0 Å². The number of hydrogen-bond acceptors (Lipinski definition) is 3. The van der Waals surface area contributed by atoms with Crippen LogP contribution in [0.3, 0.4) is 0 Å². The highest BCUT2D eigenvalue weighted by atomic mass is 79.9. The molecule has 6 heteroatoms. The lowest BCUT2D eigenvalue weighted by Crippen LogP contribution is -2.56. The SMILES string of the molecule is CC(C)(C)OC(=O)N1CC2CCC(C1)N2c1cc(F)cc(Br)c1. The summed E-state index contributed by atoms with van der Waals surface area (Å²) in [5, 5.41) is 0. The Morgan fingerprint density at radius 1 is 1.22 bits per heavy atom. The van der Waals surface area contributed by atoms with Crippen LogP contribution in [0, 0.1) is 5.82 Å². The second kappa shape index (κ2) is 5.96. The molecule has 0 aliphatic carbocycles. The Labute approximate surface area is 144 Å². The fourth-order valence-corrected chi connectivity index (χ4v) is 3.94. The van der Waals surface area contributed by atoms with E-state index in [1.807, 2.05) is 26.8 Å². The van der Waals surface area contributed by atoms with Crippen molar-refractivity contribution in [2.24, 2.45) is 0 Å². The van der Waals surface area contributed by atoms with E-state index in [2.05, 4.69) is 20.8 Å². The summed E-state index contributed by atoms with van der Waals surface area (Å²) in [5.74, 6) is -0.247. The number of rotatable bonds is 1.